The van der Waals surface area contributed by atoms with Crippen LogP contribution in [0.15, 0.2) is 36.4 Å². The molecule has 2 rings (SSSR count). The molecule has 0 atom stereocenters. The highest BCUT2D eigenvalue weighted by atomic mass is 19.1. The molecule has 1 heteroatoms. The monoisotopic (exact) mass is 254 g/mol. The lowest BCUT2D eigenvalue weighted by atomic mass is 9.64. The van der Waals surface area contributed by atoms with Gasteiger partial charge in [-0.15, -0.1) is 6.42 Å². The third-order valence-corrected chi connectivity index (χ3v) is 4.05. The van der Waals surface area contributed by atoms with Crippen LogP contribution in [-0.4, -0.2) is 0 Å². The maximum atomic E-state index is 13.7. The summed E-state index contributed by atoms with van der Waals surface area (Å²) in [4.78, 5) is 0. The zero-order valence-corrected chi connectivity index (χ0v) is 11.6. The van der Waals surface area contributed by atoms with Crippen molar-refractivity contribution in [1.82, 2.24) is 0 Å². The van der Waals surface area contributed by atoms with Gasteiger partial charge in [-0.1, -0.05) is 43.2 Å². The number of aryl methyl sites for hydroxylation is 2. The molecule has 1 aromatic rings. The number of hydrogen-bond acceptors (Lipinski definition) is 0. The second kappa shape index (κ2) is 5.05. The molecule has 1 saturated carbocycles. The molecular weight excluding hydrogens is 235 g/mol. The molecular formula is C18H19F. The Morgan fingerprint density at radius 3 is 2.37 bits per heavy atom. The van der Waals surface area contributed by atoms with Crippen molar-refractivity contribution in [1.29, 1.82) is 0 Å². The highest BCUT2D eigenvalue weighted by Gasteiger charge is 2.36. The van der Waals surface area contributed by atoms with Gasteiger partial charge in [0.1, 0.15) is 5.82 Å². The van der Waals surface area contributed by atoms with E-state index in [9.17, 15) is 4.39 Å². The second-order valence-electron chi connectivity index (χ2n) is 5.44. The van der Waals surface area contributed by atoms with Crippen molar-refractivity contribution in [3.05, 3.63) is 58.9 Å². The SMILES string of the molecule is C#CC(=C)/C=C/C1(c2cc(C)c(F)c(C)c2)CCC1. The van der Waals surface area contributed by atoms with Gasteiger partial charge in [-0.25, -0.2) is 4.39 Å². The number of rotatable bonds is 3. The van der Waals surface area contributed by atoms with E-state index in [1.54, 1.807) is 0 Å². The lowest BCUT2D eigenvalue weighted by Gasteiger charge is -2.40. The molecule has 1 aromatic carbocycles. The van der Waals surface area contributed by atoms with Crippen LogP contribution in [0, 0.1) is 32.0 Å². The van der Waals surface area contributed by atoms with Crippen LogP contribution in [0.4, 0.5) is 4.39 Å². The summed E-state index contributed by atoms with van der Waals surface area (Å²) in [7, 11) is 0. The van der Waals surface area contributed by atoms with Gasteiger partial charge in [0.2, 0.25) is 0 Å². The van der Waals surface area contributed by atoms with Crippen molar-refractivity contribution >= 4 is 0 Å². The van der Waals surface area contributed by atoms with Crippen molar-refractivity contribution in [2.75, 3.05) is 0 Å². The fraction of sp³-hybridized carbons (Fsp3) is 0.333. The van der Waals surface area contributed by atoms with Crippen molar-refractivity contribution in [2.24, 2.45) is 0 Å². The van der Waals surface area contributed by atoms with E-state index < -0.39 is 0 Å². The van der Waals surface area contributed by atoms with E-state index in [0.29, 0.717) is 16.7 Å². The van der Waals surface area contributed by atoms with Gasteiger partial charge in [0.15, 0.2) is 0 Å². The van der Waals surface area contributed by atoms with Gasteiger partial charge in [-0.3, -0.25) is 0 Å². The Bertz CT molecular complexity index is 557. The first-order valence-corrected chi connectivity index (χ1v) is 6.60. The molecule has 1 aliphatic carbocycles. The predicted octanol–water partition coefficient (Wildman–Crippen LogP) is 4.61. The van der Waals surface area contributed by atoms with E-state index in [-0.39, 0.29) is 11.2 Å². The van der Waals surface area contributed by atoms with E-state index in [2.05, 4.69) is 18.6 Å². The fourth-order valence-electron chi connectivity index (χ4n) is 2.65. The molecule has 0 spiro atoms. The van der Waals surface area contributed by atoms with Crippen LogP contribution < -0.4 is 0 Å². The average molecular weight is 254 g/mol. The molecule has 0 unspecified atom stereocenters. The predicted molar refractivity (Wildman–Crippen MR) is 78.5 cm³/mol. The van der Waals surface area contributed by atoms with Crippen LogP contribution in [0.3, 0.4) is 0 Å². The minimum atomic E-state index is -0.102. The Kier molecular flexibility index (Phi) is 3.62. The molecule has 0 heterocycles. The van der Waals surface area contributed by atoms with Crippen LogP contribution in [0.2, 0.25) is 0 Å². The standard InChI is InChI=1S/C18H19F/c1-5-13(2)7-10-18(8-6-9-18)16-11-14(3)17(19)15(4)12-16/h1,7,10-12H,2,6,8-9H2,3-4H3/b10-7+. The first-order valence-electron chi connectivity index (χ1n) is 6.60. The molecule has 0 saturated heterocycles. The zero-order valence-electron chi connectivity index (χ0n) is 11.6. The zero-order chi connectivity index (χ0) is 14.0. The normalized spacial score (nSPS) is 16.9. The highest BCUT2D eigenvalue weighted by molar-refractivity contribution is 5.43. The third-order valence-electron chi connectivity index (χ3n) is 4.05. The minimum Gasteiger partial charge on any atom is -0.206 e. The maximum absolute atomic E-state index is 13.7. The lowest BCUT2D eigenvalue weighted by Crippen LogP contribution is -2.32. The van der Waals surface area contributed by atoms with Crippen LogP contribution >= 0.6 is 0 Å². The molecule has 1 aliphatic rings. The highest BCUT2D eigenvalue weighted by Crippen LogP contribution is 2.45. The number of benzene rings is 1. The quantitative estimate of drug-likeness (QED) is 0.546. The van der Waals surface area contributed by atoms with Gasteiger partial charge in [-0.2, -0.15) is 0 Å². The van der Waals surface area contributed by atoms with Gasteiger partial charge < -0.3 is 0 Å². The summed E-state index contributed by atoms with van der Waals surface area (Å²) in [6.45, 7) is 7.44. The maximum Gasteiger partial charge on any atom is 0.129 e. The minimum absolute atomic E-state index is 0.0169. The Labute approximate surface area is 115 Å². The summed E-state index contributed by atoms with van der Waals surface area (Å²) in [6, 6.07) is 3.93. The Hall–Kier alpha value is -1.81. The molecule has 0 N–H and O–H groups in total. The van der Waals surface area contributed by atoms with Crippen LogP contribution in [0.5, 0.6) is 0 Å². The van der Waals surface area contributed by atoms with Crippen molar-refractivity contribution in [3.8, 4) is 12.3 Å². The first kappa shape index (κ1) is 13.6. The van der Waals surface area contributed by atoms with Crippen LogP contribution in [0.1, 0.15) is 36.0 Å². The third kappa shape index (κ3) is 2.49. The largest absolute Gasteiger partial charge is 0.206 e. The van der Waals surface area contributed by atoms with Crippen LogP contribution in [0.25, 0.3) is 0 Å². The summed E-state index contributed by atoms with van der Waals surface area (Å²) in [5.41, 5.74) is 3.32. The Balaban J connectivity index is 2.40. The Morgan fingerprint density at radius 1 is 1.37 bits per heavy atom. The lowest BCUT2D eigenvalue weighted by molar-refractivity contribution is 0.313. The molecule has 0 radical (unpaired) electrons. The van der Waals surface area contributed by atoms with Gasteiger partial charge in [0.05, 0.1) is 0 Å². The van der Waals surface area contributed by atoms with E-state index >= 15 is 0 Å². The smallest absolute Gasteiger partial charge is 0.129 e. The van der Waals surface area contributed by atoms with Gasteiger partial charge in [0.25, 0.3) is 0 Å². The number of allylic oxidation sites excluding steroid dienone is 3. The summed E-state index contributed by atoms with van der Waals surface area (Å²) in [5.74, 6) is 2.43. The van der Waals surface area contributed by atoms with Gasteiger partial charge in [0, 0.05) is 11.0 Å². The summed E-state index contributed by atoms with van der Waals surface area (Å²) in [6.07, 6.45) is 12.7. The van der Waals surface area contributed by atoms with E-state index in [1.165, 1.54) is 12.0 Å². The average Bonchev–Trinajstić information content (AvgIpc) is 2.34. The molecule has 0 amide bonds. The molecule has 0 aromatic heterocycles. The molecule has 0 aliphatic heterocycles. The number of terminal acetylenes is 1. The van der Waals surface area contributed by atoms with Crippen molar-refractivity contribution < 1.29 is 4.39 Å². The molecule has 19 heavy (non-hydrogen) atoms. The number of halogens is 1. The van der Waals surface area contributed by atoms with Crippen LogP contribution in [-0.2, 0) is 5.41 Å². The van der Waals surface area contributed by atoms with E-state index in [0.717, 1.165) is 12.8 Å². The topological polar surface area (TPSA) is 0 Å². The van der Waals surface area contributed by atoms with E-state index in [1.807, 2.05) is 32.1 Å². The second-order valence-corrected chi connectivity index (χ2v) is 5.44. The first-order chi connectivity index (χ1) is 8.98. The number of hydrogen-bond donors (Lipinski definition) is 0. The molecule has 98 valence electrons. The fourth-order valence-corrected chi connectivity index (χ4v) is 2.65. The Morgan fingerprint density at radius 2 is 1.95 bits per heavy atom. The summed E-state index contributed by atoms with van der Waals surface area (Å²) < 4.78 is 13.7. The summed E-state index contributed by atoms with van der Waals surface area (Å²) in [5, 5.41) is 0. The van der Waals surface area contributed by atoms with E-state index in [4.69, 9.17) is 6.42 Å². The summed E-state index contributed by atoms with van der Waals surface area (Å²) >= 11 is 0. The van der Waals surface area contributed by atoms with Gasteiger partial charge >= 0.3 is 0 Å². The van der Waals surface area contributed by atoms with Crippen molar-refractivity contribution in [2.45, 2.75) is 38.5 Å². The van der Waals surface area contributed by atoms with Crippen molar-refractivity contribution in [3.63, 3.8) is 0 Å². The molecule has 0 nitrogen and oxygen atoms in total. The van der Waals surface area contributed by atoms with Gasteiger partial charge in [-0.05, 0) is 43.4 Å². The molecule has 1 fully saturated rings. The molecule has 0 bridgehead atoms.